The first-order chi connectivity index (χ1) is 26.6. The summed E-state index contributed by atoms with van der Waals surface area (Å²) in [6, 6.07) is 46.4. The Kier molecular flexibility index (Phi) is 6.30. The molecule has 1 aliphatic carbocycles. The van der Waals surface area contributed by atoms with Crippen LogP contribution in [-0.2, 0) is 5.66 Å². The predicted octanol–water partition coefficient (Wildman–Crippen LogP) is 7.80. The highest BCUT2D eigenvalue weighted by atomic mass is 16.1. The molecule has 1 aliphatic rings. The fourth-order valence-electron chi connectivity index (χ4n) is 8.22. The van der Waals surface area contributed by atoms with E-state index in [-0.39, 0.29) is 10.9 Å². The lowest BCUT2D eigenvalue weighted by Crippen LogP contribution is -2.43. The van der Waals surface area contributed by atoms with Crippen LogP contribution in [0.2, 0.25) is 0 Å². The Morgan fingerprint density at radius 2 is 0.722 bits per heavy atom. The van der Waals surface area contributed by atoms with Crippen LogP contribution >= 0.6 is 0 Å². The van der Waals surface area contributed by atoms with Gasteiger partial charge in [0.15, 0.2) is 10.9 Å². The molecule has 0 radical (unpaired) electrons. The van der Waals surface area contributed by atoms with Crippen molar-refractivity contribution in [3.05, 3.63) is 178 Å². The number of para-hydroxylation sites is 4. The van der Waals surface area contributed by atoms with E-state index in [1.54, 1.807) is 9.59 Å². The Hall–Kier alpha value is -7.46. The third-order valence-corrected chi connectivity index (χ3v) is 10.6. The maximum absolute atomic E-state index is 14.2. The van der Waals surface area contributed by atoms with Gasteiger partial charge in [-0.3, -0.25) is 9.59 Å². The van der Waals surface area contributed by atoms with Crippen LogP contribution in [0.25, 0.3) is 77.1 Å². The maximum Gasteiger partial charge on any atom is 0.197 e. The van der Waals surface area contributed by atoms with E-state index in [2.05, 4.69) is 21.3 Å². The molecule has 11 rings (SSSR count). The summed E-state index contributed by atoms with van der Waals surface area (Å²) < 4.78 is 4.48. The topological polar surface area (TPSA) is 105 Å². The SMILES string of the molecule is O=c1c2ccccc2n(C2(n3c4ccccc4c(=O)c4ccccc43)C=C(n3nc4ccccc4n3)C(n3nc4ccccc4n3)=CC2)c2ccccc12. The second-order valence-electron chi connectivity index (χ2n) is 13.6. The maximum atomic E-state index is 14.2. The van der Waals surface area contributed by atoms with Crippen LogP contribution < -0.4 is 10.9 Å². The van der Waals surface area contributed by atoms with Crippen molar-refractivity contribution in [2.24, 2.45) is 0 Å². The predicted molar refractivity (Wildman–Crippen MR) is 213 cm³/mol. The highest BCUT2D eigenvalue weighted by Crippen LogP contribution is 2.43. The minimum Gasteiger partial charge on any atom is -0.312 e. The monoisotopic (exact) mass is 700 g/mol. The van der Waals surface area contributed by atoms with E-state index in [4.69, 9.17) is 20.4 Å². The Labute approximate surface area is 305 Å². The third kappa shape index (κ3) is 4.21. The molecule has 10 nitrogen and oxygen atoms in total. The minimum absolute atomic E-state index is 0.0501. The molecule has 4 aromatic heterocycles. The molecule has 0 saturated heterocycles. The molecule has 4 heterocycles. The van der Waals surface area contributed by atoms with Gasteiger partial charge in [-0.15, -0.1) is 30.0 Å². The smallest absolute Gasteiger partial charge is 0.197 e. The molecule has 0 atom stereocenters. The zero-order valence-electron chi connectivity index (χ0n) is 28.6. The second-order valence-corrected chi connectivity index (χ2v) is 13.6. The van der Waals surface area contributed by atoms with E-state index in [9.17, 15) is 9.59 Å². The highest BCUT2D eigenvalue weighted by molar-refractivity contribution is 5.98. The van der Waals surface area contributed by atoms with E-state index in [0.29, 0.717) is 39.4 Å². The zero-order chi connectivity index (χ0) is 36.0. The van der Waals surface area contributed by atoms with E-state index in [1.807, 2.05) is 146 Å². The van der Waals surface area contributed by atoms with Crippen molar-refractivity contribution in [1.82, 2.24) is 39.1 Å². The highest BCUT2D eigenvalue weighted by Gasteiger charge is 2.40. The minimum atomic E-state index is -1.13. The summed E-state index contributed by atoms with van der Waals surface area (Å²) in [5, 5.41) is 22.2. The average molecular weight is 701 g/mol. The number of hydrogen-bond acceptors (Lipinski definition) is 6. The van der Waals surface area contributed by atoms with Gasteiger partial charge >= 0.3 is 0 Å². The van der Waals surface area contributed by atoms with Crippen LogP contribution in [0.15, 0.2) is 167 Å². The van der Waals surface area contributed by atoms with Crippen molar-refractivity contribution in [2.45, 2.75) is 12.1 Å². The molecule has 54 heavy (non-hydrogen) atoms. The van der Waals surface area contributed by atoms with Gasteiger partial charge in [-0.2, -0.15) is 0 Å². The van der Waals surface area contributed by atoms with Gasteiger partial charge in [-0.25, -0.2) is 0 Å². The molecule has 10 heteroatoms. The molecule has 0 bridgehead atoms. The Morgan fingerprint density at radius 3 is 1.09 bits per heavy atom. The standard InChI is InChI=1S/C44H28N8O2/c53-42-28-13-1-9-21-36(28)49(37-22-10-2-14-29(37)42)44(50-38-23-11-3-15-30(38)43(54)31-16-4-12-24-39(31)50)26-25-40(51-45-32-17-5-6-18-33(32)46-51)41(27-44)52-47-34-19-7-8-20-35(34)48-52/h1-25,27H,26H2. The van der Waals surface area contributed by atoms with Gasteiger partial charge < -0.3 is 9.13 Å². The quantitative estimate of drug-likeness (QED) is 0.174. The molecule has 6 aromatic carbocycles. The summed E-state index contributed by atoms with van der Waals surface area (Å²) in [6.07, 6.45) is 4.64. The summed E-state index contributed by atoms with van der Waals surface area (Å²) in [7, 11) is 0. The summed E-state index contributed by atoms with van der Waals surface area (Å²) in [5.74, 6) is 0. The van der Waals surface area contributed by atoms with Gasteiger partial charge in [-0.1, -0.05) is 72.8 Å². The number of hydrogen-bond donors (Lipinski definition) is 0. The van der Waals surface area contributed by atoms with Crippen LogP contribution in [0.5, 0.6) is 0 Å². The number of pyridine rings is 2. The summed E-state index contributed by atoms with van der Waals surface area (Å²) in [6.45, 7) is 0. The van der Waals surface area contributed by atoms with Gasteiger partial charge in [0.1, 0.15) is 39.1 Å². The first-order valence-corrected chi connectivity index (χ1v) is 17.7. The lowest BCUT2D eigenvalue weighted by Gasteiger charge is -2.42. The molecule has 0 spiro atoms. The summed E-state index contributed by atoms with van der Waals surface area (Å²) in [4.78, 5) is 31.7. The Bertz CT molecular complexity index is 3060. The van der Waals surface area contributed by atoms with Crippen LogP contribution in [0.3, 0.4) is 0 Å². The molecular weight excluding hydrogens is 673 g/mol. The zero-order valence-corrected chi connectivity index (χ0v) is 28.6. The lowest BCUT2D eigenvalue weighted by molar-refractivity contribution is 0.342. The molecule has 0 unspecified atom stereocenters. The molecule has 0 amide bonds. The molecule has 0 aliphatic heterocycles. The molecule has 0 N–H and O–H groups in total. The van der Waals surface area contributed by atoms with Crippen molar-refractivity contribution in [2.75, 3.05) is 0 Å². The van der Waals surface area contributed by atoms with Crippen LogP contribution in [0.1, 0.15) is 6.42 Å². The van der Waals surface area contributed by atoms with Crippen molar-refractivity contribution >= 4 is 77.1 Å². The molecular formula is C44H28N8O2. The largest absolute Gasteiger partial charge is 0.312 e. The molecule has 256 valence electrons. The van der Waals surface area contributed by atoms with Crippen LogP contribution in [0.4, 0.5) is 0 Å². The number of nitrogens with zero attached hydrogens (tertiary/aromatic N) is 8. The van der Waals surface area contributed by atoms with Crippen molar-refractivity contribution < 1.29 is 0 Å². The number of rotatable bonds is 4. The Morgan fingerprint density at radius 1 is 0.407 bits per heavy atom. The molecule has 0 saturated carbocycles. The first kappa shape index (κ1) is 30.2. The van der Waals surface area contributed by atoms with Crippen LogP contribution in [0, 0.1) is 0 Å². The normalized spacial score (nSPS) is 14.4. The van der Waals surface area contributed by atoms with Gasteiger partial charge in [0.2, 0.25) is 0 Å². The van der Waals surface area contributed by atoms with Gasteiger partial charge in [0.25, 0.3) is 0 Å². The van der Waals surface area contributed by atoms with Gasteiger partial charge in [0, 0.05) is 28.0 Å². The van der Waals surface area contributed by atoms with E-state index >= 15 is 0 Å². The van der Waals surface area contributed by atoms with Crippen molar-refractivity contribution in [3.63, 3.8) is 0 Å². The average Bonchev–Trinajstić information content (AvgIpc) is 3.86. The fraction of sp³-hybridized carbons (Fsp3) is 0.0455. The number of aromatic nitrogens is 8. The Balaban J connectivity index is 1.36. The third-order valence-electron chi connectivity index (χ3n) is 10.6. The number of allylic oxidation sites excluding steroid dienone is 4. The lowest BCUT2D eigenvalue weighted by atomic mass is 9.92. The number of benzene rings is 6. The van der Waals surface area contributed by atoms with Crippen molar-refractivity contribution in [3.8, 4) is 0 Å². The van der Waals surface area contributed by atoms with E-state index in [0.717, 1.165) is 44.1 Å². The second kappa shape index (κ2) is 11.3. The summed E-state index contributed by atoms with van der Waals surface area (Å²) in [5.41, 5.74) is 5.99. The van der Waals surface area contributed by atoms with Crippen molar-refractivity contribution in [1.29, 1.82) is 0 Å². The summed E-state index contributed by atoms with van der Waals surface area (Å²) >= 11 is 0. The number of fused-ring (bicyclic) bond motifs is 6. The molecule has 10 aromatic rings. The van der Waals surface area contributed by atoms with Crippen LogP contribution in [-0.4, -0.2) is 39.1 Å². The molecule has 0 fully saturated rings. The van der Waals surface area contributed by atoms with E-state index in [1.165, 1.54) is 0 Å². The van der Waals surface area contributed by atoms with E-state index < -0.39 is 5.66 Å². The fourth-order valence-corrected chi connectivity index (χ4v) is 8.22. The first-order valence-electron chi connectivity index (χ1n) is 17.7. The van der Waals surface area contributed by atoms with Gasteiger partial charge in [0.05, 0.1) is 22.1 Å². The van der Waals surface area contributed by atoms with Gasteiger partial charge in [-0.05, 0) is 84.9 Å².